The minimum Gasteiger partial charge on any atom is -0.426 e. The third-order valence-electron chi connectivity index (χ3n) is 2.52. The topological polar surface area (TPSA) is 107 Å². The number of carbonyl (C=O) groups excluding carboxylic acids is 1. The molecule has 0 unspecified atom stereocenters. The lowest BCUT2D eigenvalue weighted by atomic mass is 10.1. The van der Waals surface area contributed by atoms with E-state index in [2.05, 4.69) is 0 Å². The number of rotatable bonds is 2. The normalized spacial score (nSPS) is 11.5. The first kappa shape index (κ1) is 13.3. The van der Waals surface area contributed by atoms with E-state index in [0.717, 1.165) is 6.07 Å². The second-order valence-corrected chi connectivity index (χ2v) is 5.35. The Morgan fingerprint density at radius 2 is 1.95 bits per heavy atom. The van der Waals surface area contributed by atoms with Gasteiger partial charge in [-0.2, -0.15) is 8.42 Å². The summed E-state index contributed by atoms with van der Waals surface area (Å²) in [6.07, 6.45) is 0. The lowest BCUT2D eigenvalue weighted by Gasteiger charge is -2.10. The first-order valence-electron chi connectivity index (χ1n) is 5.27. The lowest BCUT2D eigenvalue weighted by molar-refractivity contribution is -0.131. The molecule has 2 aromatic rings. The van der Waals surface area contributed by atoms with Crippen LogP contribution in [-0.4, -0.2) is 18.9 Å². The molecule has 0 atom stereocenters. The van der Waals surface area contributed by atoms with Crippen molar-refractivity contribution in [3.05, 3.63) is 30.3 Å². The van der Waals surface area contributed by atoms with E-state index in [1.54, 1.807) is 18.2 Å². The van der Waals surface area contributed by atoms with E-state index in [1.807, 2.05) is 0 Å². The van der Waals surface area contributed by atoms with Gasteiger partial charge in [0.25, 0.3) is 10.1 Å². The molecule has 0 saturated carbocycles. The number of nitrogen functional groups attached to an aromatic ring is 1. The summed E-state index contributed by atoms with van der Waals surface area (Å²) in [6, 6.07) is 7.18. The zero-order valence-corrected chi connectivity index (χ0v) is 10.8. The maximum absolute atomic E-state index is 11.2. The quantitative estimate of drug-likeness (QED) is 0.375. The van der Waals surface area contributed by atoms with Gasteiger partial charge in [-0.25, -0.2) is 0 Å². The second-order valence-electron chi connectivity index (χ2n) is 3.93. The maximum Gasteiger partial charge on any atom is 0.308 e. The summed E-state index contributed by atoms with van der Waals surface area (Å²) in [5.41, 5.74) is 6.07. The molecule has 100 valence electrons. The molecule has 0 spiro atoms. The van der Waals surface area contributed by atoms with Crippen LogP contribution in [0.4, 0.5) is 5.69 Å². The maximum atomic E-state index is 11.2. The van der Waals surface area contributed by atoms with Crippen molar-refractivity contribution in [1.82, 2.24) is 0 Å². The monoisotopic (exact) mass is 281 g/mol. The molecule has 19 heavy (non-hydrogen) atoms. The highest BCUT2D eigenvalue weighted by Gasteiger charge is 2.16. The molecule has 0 bridgehead atoms. The molecule has 0 aliphatic rings. The van der Waals surface area contributed by atoms with Gasteiger partial charge in [-0.1, -0.05) is 12.1 Å². The van der Waals surface area contributed by atoms with Gasteiger partial charge in [-0.15, -0.1) is 0 Å². The van der Waals surface area contributed by atoms with Crippen LogP contribution in [0.2, 0.25) is 0 Å². The number of ether oxygens (including phenoxy) is 1. The molecule has 3 N–H and O–H groups in total. The highest BCUT2D eigenvalue weighted by Crippen LogP contribution is 2.32. The Balaban J connectivity index is 2.84. The predicted octanol–water partition coefficient (Wildman–Crippen LogP) is 1.59. The molecule has 7 heteroatoms. The lowest BCUT2D eigenvalue weighted by Crippen LogP contribution is -2.05. The van der Waals surface area contributed by atoms with Crippen molar-refractivity contribution >= 4 is 32.5 Å². The Kier molecular flexibility index (Phi) is 3.17. The van der Waals surface area contributed by atoms with Gasteiger partial charge in [0.1, 0.15) is 5.75 Å². The zero-order chi connectivity index (χ0) is 14.2. The van der Waals surface area contributed by atoms with Gasteiger partial charge in [0, 0.05) is 29.4 Å². The Hall–Kier alpha value is -2.12. The van der Waals surface area contributed by atoms with Crippen molar-refractivity contribution in [3.63, 3.8) is 0 Å². The van der Waals surface area contributed by atoms with Crippen LogP contribution in [-0.2, 0) is 14.9 Å². The number of esters is 1. The summed E-state index contributed by atoms with van der Waals surface area (Å²) < 4.78 is 36.4. The number of benzene rings is 2. The van der Waals surface area contributed by atoms with Gasteiger partial charge in [-0.05, 0) is 12.1 Å². The van der Waals surface area contributed by atoms with Crippen molar-refractivity contribution < 1.29 is 22.5 Å². The van der Waals surface area contributed by atoms with Crippen LogP contribution in [0.3, 0.4) is 0 Å². The van der Waals surface area contributed by atoms with Gasteiger partial charge in [0.05, 0.1) is 4.90 Å². The van der Waals surface area contributed by atoms with Crippen LogP contribution < -0.4 is 10.5 Å². The van der Waals surface area contributed by atoms with Crippen LogP contribution >= 0.6 is 0 Å². The van der Waals surface area contributed by atoms with Gasteiger partial charge in [0.15, 0.2) is 0 Å². The van der Waals surface area contributed by atoms with Gasteiger partial charge >= 0.3 is 5.97 Å². The van der Waals surface area contributed by atoms with E-state index in [9.17, 15) is 13.2 Å². The van der Waals surface area contributed by atoms with Crippen molar-refractivity contribution in [3.8, 4) is 5.75 Å². The summed E-state index contributed by atoms with van der Waals surface area (Å²) in [6.45, 7) is 1.19. The first-order valence-corrected chi connectivity index (χ1v) is 6.71. The van der Waals surface area contributed by atoms with Crippen LogP contribution in [0, 0.1) is 0 Å². The summed E-state index contributed by atoms with van der Waals surface area (Å²) in [5.74, 6) is -0.568. The summed E-state index contributed by atoms with van der Waals surface area (Å²) in [5, 5.41) is 0.872. The Bertz CT molecular complexity index is 767. The molecule has 0 saturated heterocycles. The molecule has 0 amide bonds. The third kappa shape index (κ3) is 2.67. The number of hydrogen-bond donors (Lipinski definition) is 2. The van der Waals surface area contributed by atoms with Crippen molar-refractivity contribution in [2.75, 3.05) is 5.73 Å². The van der Waals surface area contributed by atoms with E-state index in [0.29, 0.717) is 16.5 Å². The average Bonchev–Trinajstić information content (AvgIpc) is 2.28. The summed E-state index contributed by atoms with van der Waals surface area (Å²) >= 11 is 0. The number of nitrogens with two attached hydrogens (primary N) is 1. The average molecular weight is 281 g/mol. The molecule has 0 heterocycles. The minimum atomic E-state index is -4.42. The van der Waals surface area contributed by atoms with E-state index < -0.39 is 16.1 Å². The Morgan fingerprint density at radius 3 is 2.53 bits per heavy atom. The van der Waals surface area contributed by atoms with Gasteiger partial charge in [0.2, 0.25) is 0 Å². The number of anilines is 1. The molecule has 0 aromatic heterocycles. The predicted molar refractivity (Wildman–Crippen MR) is 69.5 cm³/mol. The largest absolute Gasteiger partial charge is 0.426 e. The molecule has 0 fully saturated rings. The third-order valence-corrected chi connectivity index (χ3v) is 3.35. The highest BCUT2D eigenvalue weighted by molar-refractivity contribution is 7.85. The van der Waals surface area contributed by atoms with Crippen molar-refractivity contribution in [1.29, 1.82) is 0 Å². The SMILES string of the molecule is CC(=O)Oc1cc(S(=O)(=O)O)cc2c(N)cccc12. The molecular formula is C12H11NO5S. The smallest absolute Gasteiger partial charge is 0.308 e. The second kappa shape index (κ2) is 4.52. The molecule has 0 aliphatic heterocycles. The van der Waals surface area contributed by atoms with Crippen LogP contribution in [0.5, 0.6) is 5.75 Å². The van der Waals surface area contributed by atoms with Crippen LogP contribution in [0.1, 0.15) is 6.92 Å². The minimum absolute atomic E-state index is 0.0323. The standard InChI is InChI=1S/C12H11NO5S/c1-7(14)18-12-6-8(19(15,16)17)5-10-9(12)3-2-4-11(10)13/h2-6H,13H2,1H3,(H,15,16,17). The summed E-state index contributed by atoms with van der Waals surface area (Å²) in [4.78, 5) is 10.7. The molecule has 2 aromatic carbocycles. The molecule has 2 rings (SSSR count). The van der Waals surface area contributed by atoms with Gasteiger partial charge in [-0.3, -0.25) is 9.35 Å². The van der Waals surface area contributed by atoms with E-state index >= 15 is 0 Å². The van der Waals surface area contributed by atoms with Crippen molar-refractivity contribution in [2.45, 2.75) is 11.8 Å². The number of fused-ring (bicyclic) bond motifs is 1. The van der Waals surface area contributed by atoms with Crippen LogP contribution in [0.15, 0.2) is 35.2 Å². The van der Waals surface area contributed by atoms with E-state index in [4.69, 9.17) is 15.0 Å². The van der Waals surface area contributed by atoms with Crippen LogP contribution in [0.25, 0.3) is 10.8 Å². The van der Waals surface area contributed by atoms with Crippen molar-refractivity contribution in [2.24, 2.45) is 0 Å². The molecule has 6 nitrogen and oxygen atoms in total. The Labute approximate surface area is 109 Å². The number of hydrogen-bond acceptors (Lipinski definition) is 5. The molecular weight excluding hydrogens is 270 g/mol. The zero-order valence-electron chi connectivity index (χ0n) is 9.95. The van der Waals surface area contributed by atoms with Gasteiger partial charge < -0.3 is 10.5 Å². The molecule has 0 radical (unpaired) electrons. The number of carbonyl (C=O) groups is 1. The molecule has 0 aliphatic carbocycles. The fourth-order valence-corrected chi connectivity index (χ4v) is 2.26. The fourth-order valence-electron chi connectivity index (χ4n) is 1.74. The summed E-state index contributed by atoms with van der Waals surface area (Å²) in [7, 11) is -4.42. The Morgan fingerprint density at radius 1 is 1.26 bits per heavy atom. The highest BCUT2D eigenvalue weighted by atomic mass is 32.2. The first-order chi connectivity index (χ1) is 8.79. The van der Waals surface area contributed by atoms with E-state index in [-0.39, 0.29) is 10.6 Å². The fraction of sp³-hybridized carbons (Fsp3) is 0.0833. The van der Waals surface area contributed by atoms with E-state index in [1.165, 1.54) is 13.0 Å².